The van der Waals surface area contributed by atoms with Crippen molar-refractivity contribution in [2.45, 2.75) is 73.3 Å². The summed E-state index contributed by atoms with van der Waals surface area (Å²) in [6.45, 7) is 20.7. The zero-order valence-electron chi connectivity index (χ0n) is 17.8. The smallest absolute Gasteiger partial charge is 0.222 e. The summed E-state index contributed by atoms with van der Waals surface area (Å²) >= 11 is 0. The van der Waals surface area contributed by atoms with Gasteiger partial charge in [-0.3, -0.25) is 9.69 Å². The molecule has 0 aromatic rings. The lowest BCUT2D eigenvalue weighted by Gasteiger charge is -2.38. The van der Waals surface area contributed by atoms with Gasteiger partial charge in [-0.1, -0.05) is 34.6 Å². The molecule has 25 heavy (non-hydrogen) atoms. The molecule has 2 aliphatic rings. The largest absolute Gasteiger partial charge is 0.340 e. The molecule has 2 rings (SSSR count). The van der Waals surface area contributed by atoms with Crippen molar-refractivity contribution >= 4 is 5.91 Å². The predicted octanol–water partition coefficient (Wildman–Crippen LogP) is 3.71. The van der Waals surface area contributed by atoms with Crippen molar-refractivity contribution in [3.63, 3.8) is 0 Å². The van der Waals surface area contributed by atoms with E-state index in [1.807, 2.05) is 13.8 Å². The number of rotatable bonds is 7. The molecule has 2 heterocycles. The van der Waals surface area contributed by atoms with Gasteiger partial charge < -0.3 is 9.80 Å². The molecular formula is C21H43N3O. The summed E-state index contributed by atoms with van der Waals surface area (Å²) in [5, 5.41) is 0. The first-order chi connectivity index (χ1) is 12.0. The Morgan fingerprint density at radius 3 is 2.20 bits per heavy atom. The number of carbonyl (C=O) groups excluding carboxylic acids is 1. The Balaban J connectivity index is 0.00000151. The Morgan fingerprint density at radius 2 is 1.68 bits per heavy atom. The topological polar surface area (TPSA) is 26.8 Å². The summed E-state index contributed by atoms with van der Waals surface area (Å²) in [4.78, 5) is 19.5. The first-order valence-corrected chi connectivity index (χ1v) is 10.8. The van der Waals surface area contributed by atoms with Crippen molar-refractivity contribution in [2.24, 2.45) is 11.8 Å². The van der Waals surface area contributed by atoms with E-state index < -0.39 is 0 Å². The van der Waals surface area contributed by atoms with Gasteiger partial charge in [-0.25, -0.2) is 0 Å². The van der Waals surface area contributed by atoms with Crippen LogP contribution >= 0.6 is 0 Å². The zero-order chi connectivity index (χ0) is 18.8. The van der Waals surface area contributed by atoms with Gasteiger partial charge in [0.25, 0.3) is 0 Å². The molecule has 0 saturated carbocycles. The normalized spacial score (nSPS) is 23.5. The second-order valence-corrected chi connectivity index (χ2v) is 7.87. The second kappa shape index (κ2) is 11.9. The minimum Gasteiger partial charge on any atom is -0.340 e. The maximum atomic E-state index is 12.4. The van der Waals surface area contributed by atoms with Crippen LogP contribution in [-0.2, 0) is 4.79 Å². The van der Waals surface area contributed by atoms with Crippen LogP contribution in [0, 0.1) is 11.8 Å². The van der Waals surface area contributed by atoms with Crippen LogP contribution in [0.5, 0.6) is 0 Å². The van der Waals surface area contributed by atoms with Crippen LogP contribution < -0.4 is 0 Å². The summed E-state index contributed by atoms with van der Waals surface area (Å²) in [5.41, 5.74) is 0. The molecule has 2 atom stereocenters. The lowest BCUT2D eigenvalue weighted by atomic mass is 9.95. The third-order valence-electron chi connectivity index (χ3n) is 6.00. The van der Waals surface area contributed by atoms with Crippen LogP contribution in [0.25, 0.3) is 0 Å². The molecule has 0 aromatic heterocycles. The molecule has 2 unspecified atom stereocenters. The van der Waals surface area contributed by atoms with Gasteiger partial charge >= 0.3 is 0 Å². The van der Waals surface area contributed by atoms with Gasteiger partial charge in [0.2, 0.25) is 5.91 Å². The minimum absolute atomic E-state index is 0.369. The second-order valence-electron chi connectivity index (χ2n) is 7.87. The van der Waals surface area contributed by atoms with E-state index in [4.69, 9.17) is 0 Å². The highest BCUT2D eigenvalue weighted by molar-refractivity contribution is 5.76. The quantitative estimate of drug-likeness (QED) is 0.698. The Kier molecular flexibility index (Phi) is 10.7. The Hall–Kier alpha value is -0.610. The fourth-order valence-electron chi connectivity index (χ4n) is 3.89. The van der Waals surface area contributed by atoms with Crippen LogP contribution in [0.2, 0.25) is 0 Å². The van der Waals surface area contributed by atoms with Gasteiger partial charge in [0.15, 0.2) is 0 Å². The highest BCUT2D eigenvalue weighted by Gasteiger charge is 2.25. The number of hydrogen-bond acceptors (Lipinski definition) is 3. The molecule has 0 N–H and O–H groups in total. The zero-order valence-corrected chi connectivity index (χ0v) is 17.8. The molecule has 0 radical (unpaired) electrons. The molecule has 2 saturated heterocycles. The molecule has 4 nitrogen and oxygen atoms in total. The highest BCUT2D eigenvalue weighted by atomic mass is 16.2. The minimum atomic E-state index is 0.369. The number of piperazine rings is 1. The van der Waals surface area contributed by atoms with Crippen molar-refractivity contribution in [1.29, 1.82) is 0 Å². The number of amides is 1. The average molecular weight is 354 g/mol. The molecule has 0 bridgehead atoms. The molecule has 2 aliphatic heterocycles. The van der Waals surface area contributed by atoms with Crippen LogP contribution in [0.1, 0.15) is 67.2 Å². The van der Waals surface area contributed by atoms with E-state index in [1.54, 1.807) is 0 Å². The standard InChI is InChI=1S/C19H37N3O.C2H6/c1-5-17(4)21-11-13-22(14-12-21)19(23)7-6-9-20-10-8-18(15-20)16(2)3;1-2/h16-18H,5-15H2,1-4H3;1-2H3. The van der Waals surface area contributed by atoms with E-state index in [9.17, 15) is 4.79 Å². The third-order valence-corrected chi connectivity index (χ3v) is 6.00. The molecule has 0 aliphatic carbocycles. The summed E-state index contributed by atoms with van der Waals surface area (Å²) in [6.07, 6.45) is 4.28. The van der Waals surface area contributed by atoms with E-state index in [0.717, 1.165) is 57.4 Å². The first-order valence-electron chi connectivity index (χ1n) is 10.8. The number of hydrogen-bond donors (Lipinski definition) is 0. The van der Waals surface area contributed by atoms with E-state index >= 15 is 0 Å². The fourth-order valence-corrected chi connectivity index (χ4v) is 3.89. The maximum Gasteiger partial charge on any atom is 0.222 e. The van der Waals surface area contributed by atoms with Crippen molar-refractivity contribution in [3.8, 4) is 0 Å². The lowest BCUT2D eigenvalue weighted by molar-refractivity contribution is -0.133. The number of nitrogens with zero attached hydrogens (tertiary/aromatic N) is 3. The van der Waals surface area contributed by atoms with Gasteiger partial charge in [0.05, 0.1) is 0 Å². The SMILES string of the molecule is CC.CCC(C)N1CCN(C(=O)CCCN2CCC(C(C)C)C2)CC1. The van der Waals surface area contributed by atoms with Crippen LogP contribution in [0.15, 0.2) is 0 Å². The molecule has 0 spiro atoms. The van der Waals surface area contributed by atoms with Gasteiger partial charge in [-0.05, 0) is 51.1 Å². The van der Waals surface area contributed by atoms with Crippen molar-refractivity contribution in [2.75, 3.05) is 45.8 Å². The third kappa shape index (κ3) is 7.26. The van der Waals surface area contributed by atoms with Gasteiger partial charge in [0, 0.05) is 45.2 Å². The fraction of sp³-hybridized carbons (Fsp3) is 0.952. The van der Waals surface area contributed by atoms with E-state index in [2.05, 4.69) is 42.4 Å². The van der Waals surface area contributed by atoms with Gasteiger partial charge in [-0.15, -0.1) is 0 Å². The van der Waals surface area contributed by atoms with Gasteiger partial charge in [-0.2, -0.15) is 0 Å². The van der Waals surface area contributed by atoms with E-state index in [1.165, 1.54) is 25.9 Å². The van der Waals surface area contributed by atoms with Gasteiger partial charge in [0.1, 0.15) is 0 Å². The number of likely N-dealkylation sites (tertiary alicyclic amines) is 1. The van der Waals surface area contributed by atoms with E-state index in [0.29, 0.717) is 11.9 Å². The van der Waals surface area contributed by atoms with Crippen molar-refractivity contribution in [3.05, 3.63) is 0 Å². The number of carbonyl (C=O) groups is 1. The predicted molar refractivity (Wildman–Crippen MR) is 108 cm³/mol. The molecule has 0 aromatic carbocycles. The Morgan fingerprint density at radius 1 is 1.04 bits per heavy atom. The molecule has 4 heteroatoms. The maximum absolute atomic E-state index is 12.4. The monoisotopic (exact) mass is 353 g/mol. The highest BCUT2D eigenvalue weighted by Crippen LogP contribution is 2.23. The van der Waals surface area contributed by atoms with Crippen LogP contribution in [0.3, 0.4) is 0 Å². The van der Waals surface area contributed by atoms with E-state index in [-0.39, 0.29) is 0 Å². The van der Waals surface area contributed by atoms with Crippen molar-refractivity contribution in [1.82, 2.24) is 14.7 Å². The molecule has 1 amide bonds. The summed E-state index contributed by atoms with van der Waals surface area (Å²) in [7, 11) is 0. The van der Waals surface area contributed by atoms with Crippen molar-refractivity contribution < 1.29 is 4.79 Å². The van der Waals surface area contributed by atoms with Crippen LogP contribution in [0.4, 0.5) is 0 Å². The lowest BCUT2D eigenvalue weighted by Crippen LogP contribution is -2.51. The summed E-state index contributed by atoms with van der Waals surface area (Å²) in [6, 6.07) is 0.649. The van der Waals surface area contributed by atoms with Crippen LogP contribution in [-0.4, -0.2) is 72.5 Å². The summed E-state index contributed by atoms with van der Waals surface area (Å²) in [5.74, 6) is 2.02. The molecular weight excluding hydrogens is 310 g/mol. The Labute approximate surface area is 156 Å². The average Bonchev–Trinajstić information content (AvgIpc) is 3.12. The Bertz CT molecular complexity index is 364. The molecule has 148 valence electrons. The summed E-state index contributed by atoms with van der Waals surface area (Å²) < 4.78 is 0. The first kappa shape index (κ1) is 22.4. The molecule has 2 fully saturated rings.